The number of unbranched alkanes of at least 4 members (excludes halogenated alkanes) is 11. The first kappa shape index (κ1) is 58.8. The van der Waals surface area contributed by atoms with Crippen LogP contribution in [0.4, 0.5) is 0 Å². The summed E-state index contributed by atoms with van der Waals surface area (Å²) in [4.78, 5) is 38.6. The van der Waals surface area contributed by atoms with E-state index in [0.717, 1.165) is 80.5 Å². The van der Waals surface area contributed by atoms with Crippen molar-refractivity contribution in [3.8, 4) is 0 Å². The van der Waals surface area contributed by atoms with Crippen molar-refractivity contribution in [2.24, 2.45) is 46.3 Å². The molecule has 3 saturated carbocycles. The number of rotatable bonds is 34. The molecule has 0 aromatic carbocycles. The van der Waals surface area contributed by atoms with E-state index in [1.165, 1.54) is 114 Å². The third kappa shape index (κ3) is 20.3. The minimum Gasteiger partial charge on any atom is -0.756 e. The topological polar surface area (TPSA) is 111 Å². The summed E-state index contributed by atoms with van der Waals surface area (Å²) in [5.74, 6) is 4.15. The van der Waals surface area contributed by atoms with E-state index < -0.39 is 32.5 Å². The van der Waals surface area contributed by atoms with Crippen molar-refractivity contribution in [2.45, 2.75) is 213 Å². The molecular formula is C55H98NO8PS2. The maximum absolute atomic E-state index is 13.2. The summed E-state index contributed by atoms with van der Waals surface area (Å²) in [5.41, 5.74) is 2.41. The zero-order valence-corrected chi connectivity index (χ0v) is 46.6. The highest BCUT2D eigenvalue weighted by molar-refractivity contribution is 8.77. The third-order valence-electron chi connectivity index (χ3n) is 16.4. The molecule has 10 atom stereocenters. The van der Waals surface area contributed by atoms with Gasteiger partial charge in [-0.25, -0.2) is 0 Å². The molecule has 0 radical (unpaired) electrons. The van der Waals surface area contributed by atoms with E-state index in [2.05, 4.69) is 59.8 Å². The Morgan fingerprint density at radius 1 is 0.836 bits per heavy atom. The fourth-order valence-corrected chi connectivity index (χ4v) is 15.7. The lowest BCUT2D eigenvalue weighted by atomic mass is 9.47. The molecule has 12 heteroatoms. The first-order chi connectivity index (χ1) is 31.9. The van der Waals surface area contributed by atoms with Crippen LogP contribution >= 0.6 is 29.4 Å². The Balaban J connectivity index is 1.19. The monoisotopic (exact) mass is 996 g/mol. The number of nitrogens with zero attached hydrogens (tertiary/aromatic N) is 1. The van der Waals surface area contributed by atoms with E-state index in [1.54, 1.807) is 16.4 Å². The predicted octanol–water partition coefficient (Wildman–Crippen LogP) is 14.5. The number of carbonyl (C=O) groups excluding carboxylic acids is 2. The molecule has 3 fully saturated rings. The molecule has 4 rings (SSSR count). The van der Waals surface area contributed by atoms with Gasteiger partial charge in [0.15, 0.2) is 6.10 Å². The van der Waals surface area contributed by atoms with Crippen LogP contribution in [0.2, 0.25) is 0 Å². The number of quaternary nitrogens is 1. The van der Waals surface area contributed by atoms with Crippen LogP contribution in [-0.2, 0) is 32.7 Å². The van der Waals surface area contributed by atoms with Crippen molar-refractivity contribution in [1.82, 2.24) is 0 Å². The molecular weight excluding hydrogens is 898 g/mol. The summed E-state index contributed by atoms with van der Waals surface area (Å²) in [6.45, 7) is 14.5. The Morgan fingerprint density at radius 3 is 2.21 bits per heavy atom. The highest BCUT2D eigenvalue weighted by Crippen LogP contribution is 2.68. The molecule has 0 spiro atoms. The van der Waals surface area contributed by atoms with Gasteiger partial charge in [-0.1, -0.05) is 158 Å². The number of hydrogen-bond acceptors (Lipinski definition) is 10. The van der Waals surface area contributed by atoms with Crippen molar-refractivity contribution in [2.75, 3.05) is 53.3 Å². The number of likely N-dealkylation sites (N-methyl/N-ethyl adjacent to an activating group) is 1. The molecule has 0 heterocycles. The Bertz CT molecular complexity index is 1570. The second-order valence-electron chi connectivity index (χ2n) is 23.2. The zero-order chi connectivity index (χ0) is 48.9. The average molecular weight is 996 g/mol. The van der Waals surface area contributed by atoms with Crippen molar-refractivity contribution >= 4 is 41.3 Å². The second-order valence-corrected chi connectivity index (χ2v) is 27.3. The molecule has 0 aromatic rings. The maximum Gasteiger partial charge on any atom is 0.317 e. The average Bonchev–Trinajstić information content (AvgIpc) is 3.62. The summed E-state index contributed by atoms with van der Waals surface area (Å²) in [6.07, 6.45) is 36.1. The second kappa shape index (κ2) is 29.6. The molecule has 0 aromatic heterocycles. The number of hydrogen-bond donors (Lipinski definition) is 0. The summed E-state index contributed by atoms with van der Waals surface area (Å²) < 4.78 is 34.6. The predicted molar refractivity (Wildman–Crippen MR) is 280 cm³/mol. The van der Waals surface area contributed by atoms with Crippen molar-refractivity contribution in [3.63, 3.8) is 0 Å². The molecule has 0 bridgehead atoms. The summed E-state index contributed by atoms with van der Waals surface area (Å²) in [5, 5.41) is 0.428. The quantitative estimate of drug-likeness (QED) is 0.0154. The van der Waals surface area contributed by atoms with Crippen LogP contribution in [-0.4, -0.2) is 81.0 Å². The van der Waals surface area contributed by atoms with Crippen molar-refractivity contribution in [3.05, 3.63) is 23.8 Å². The first-order valence-corrected chi connectivity index (χ1v) is 31.1. The van der Waals surface area contributed by atoms with Gasteiger partial charge in [0, 0.05) is 11.7 Å². The molecule has 388 valence electrons. The maximum atomic E-state index is 13.2. The summed E-state index contributed by atoms with van der Waals surface area (Å²) >= 11 is 0. The fourth-order valence-electron chi connectivity index (χ4n) is 12.5. The highest BCUT2D eigenvalue weighted by Gasteiger charge is 2.59. The van der Waals surface area contributed by atoms with E-state index in [9.17, 15) is 19.0 Å². The van der Waals surface area contributed by atoms with Gasteiger partial charge in [0.1, 0.15) is 25.5 Å². The van der Waals surface area contributed by atoms with Crippen LogP contribution in [0.5, 0.6) is 0 Å². The number of carbonyl (C=O) groups is 2. The minimum absolute atomic E-state index is 0.0372. The van der Waals surface area contributed by atoms with Gasteiger partial charge < -0.3 is 27.9 Å². The molecule has 3 unspecified atom stereocenters. The Morgan fingerprint density at radius 2 is 1.52 bits per heavy atom. The SMILES string of the molecule is CCCCCCCC/C=C/CCCCCCCC(=O)OCC(COP(=O)([O-])OCC[N+](C)(C)C)OC(=O)CSSC1CC[C@@]2(C)C(=CC[C@H]3[C@@H]4CC[C@H]([C@H](C)CCCC(C)C)[C@@]4(C)CC[C@@H]32)C1. The Hall–Kier alpha value is -0.810. The lowest BCUT2D eigenvalue weighted by Crippen LogP contribution is -2.50. The zero-order valence-electron chi connectivity index (χ0n) is 44.0. The molecule has 0 N–H and O–H groups in total. The lowest BCUT2D eigenvalue weighted by Gasteiger charge is -2.58. The Kier molecular flexibility index (Phi) is 26.0. The van der Waals surface area contributed by atoms with Gasteiger partial charge in [0.25, 0.3) is 7.82 Å². The number of phosphoric ester groups is 1. The van der Waals surface area contributed by atoms with Crippen LogP contribution in [0, 0.1) is 46.3 Å². The standard InChI is InChI=1S/C55H98NO8PS2/c1-10-11-12-13-14-15-16-17-18-19-20-21-22-23-24-28-52(57)61-40-46(41-63-65(59,60)62-38-37-56(7,8)9)64-53(58)42-66-67-47-33-35-54(5)45(39-47)29-30-48-50-32-31-49(44(4)27-25-26-43(2)3)55(50,6)36-34-51(48)54/h17-18,29,43-44,46-51H,10-16,19-28,30-42H2,1-9H3/b18-17+/t44-,46?,47?,48+,49-,50+,51+,54+,55-/m1/s1. The molecule has 0 aliphatic heterocycles. The van der Waals surface area contributed by atoms with Crippen LogP contribution in [0.3, 0.4) is 0 Å². The molecule has 4 aliphatic carbocycles. The highest BCUT2D eigenvalue weighted by atomic mass is 33.1. The number of ether oxygens (including phenoxy) is 2. The van der Waals surface area contributed by atoms with E-state index >= 15 is 0 Å². The van der Waals surface area contributed by atoms with Gasteiger partial charge in [-0.3, -0.25) is 14.2 Å². The van der Waals surface area contributed by atoms with Gasteiger partial charge in [0.05, 0.1) is 27.7 Å². The number of esters is 2. The van der Waals surface area contributed by atoms with Gasteiger partial charge in [-0.15, -0.1) is 0 Å². The van der Waals surface area contributed by atoms with Crippen molar-refractivity contribution in [1.29, 1.82) is 0 Å². The summed E-state index contributed by atoms with van der Waals surface area (Å²) in [7, 11) is 4.42. The fraction of sp³-hybridized carbons (Fsp3) is 0.891. The largest absolute Gasteiger partial charge is 0.756 e. The number of allylic oxidation sites excluding steroid dienone is 4. The van der Waals surface area contributed by atoms with E-state index in [-0.39, 0.29) is 30.8 Å². The van der Waals surface area contributed by atoms with Gasteiger partial charge in [0.2, 0.25) is 0 Å². The first-order valence-electron chi connectivity index (χ1n) is 27.2. The van der Waals surface area contributed by atoms with E-state index in [0.29, 0.717) is 28.1 Å². The minimum atomic E-state index is -4.67. The third-order valence-corrected chi connectivity index (χ3v) is 20.1. The van der Waals surface area contributed by atoms with Crippen LogP contribution in [0.15, 0.2) is 23.8 Å². The van der Waals surface area contributed by atoms with E-state index in [1.807, 2.05) is 21.1 Å². The van der Waals surface area contributed by atoms with Crippen LogP contribution < -0.4 is 4.89 Å². The van der Waals surface area contributed by atoms with Gasteiger partial charge in [-0.05, 0) is 130 Å². The van der Waals surface area contributed by atoms with E-state index in [4.69, 9.17) is 18.5 Å². The molecule has 9 nitrogen and oxygen atoms in total. The molecule has 67 heavy (non-hydrogen) atoms. The summed E-state index contributed by atoms with van der Waals surface area (Å²) in [6, 6.07) is 0. The van der Waals surface area contributed by atoms with Gasteiger partial charge >= 0.3 is 11.9 Å². The number of fused-ring (bicyclic) bond motifs is 5. The van der Waals surface area contributed by atoms with Crippen LogP contribution in [0.1, 0.15) is 202 Å². The van der Waals surface area contributed by atoms with Crippen molar-refractivity contribution < 1.29 is 42.1 Å². The van der Waals surface area contributed by atoms with Gasteiger partial charge in [-0.2, -0.15) is 0 Å². The molecule has 0 saturated heterocycles. The normalized spacial score (nSPS) is 28.0. The Labute approximate surface area is 418 Å². The lowest BCUT2D eigenvalue weighted by molar-refractivity contribution is -0.870. The smallest absolute Gasteiger partial charge is 0.317 e. The molecule has 0 amide bonds. The number of phosphoric acid groups is 1. The van der Waals surface area contributed by atoms with Crippen LogP contribution in [0.25, 0.3) is 0 Å². The molecule has 4 aliphatic rings.